The van der Waals surface area contributed by atoms with Gasteiger partial charge in [-0.1, -0.05) is 0 Å². The van der Waals surface area contributed by atoms with Crippen LogP contribution in [0.5, 0.6) is 0 Å². The molecule has 0 fully saturated rings. The molecule has 2 N–H and O–H groups in total. The van der Waals surface area contributed by atoms with Crippen molar-refractivity contribution >= 4 is 23.9 Å². The van der Waals surface area contributed by atoms with E-state index in [1.807, 2.05) is 0 Å². The summed E-state index contributed by atoms with van der Waals surface area (Å²) in [6.07, 6.45) is 4.26. The number of aromatic nitrogens is 3. The zero-order valence-corrected chi connectivity index (χ0v) is 10.6. The molecule has 0 bridgehead atoms. The molecule has 1 amide bonds. The molecule has 8 heteroatoms. The van der Waals surface area contributed by atoms with Crippen molar-refractivity contribution in [1.29, 1.82) is 0 Å². The van der Waals surface area contributed by atoms with Crippen molar-refractivity contribution in [3.63, 3.8) is 0 Å². The molecule has 2 aromatic heterocycles. The van der Waals surface area contributed by atoms with Gasteiger partial charge in [0.25, 0.3) is 5.91 Å². The second-order valence-corrected chi connectivity index (χ2v) is 3.70. The number of carbonyl (C=O) groups excluding carboxylic acids is 2. The minimum Gasteiger partial charge on any atom is -0.469 e. The summed E-state index contributed by atoms with van der Waals surface area (Å²) in [6, 6.07) is 3.43. The Bertz CT molecular complexity index is 615. The zero-order chi connectivity index (χ0) is 14.4. The zero-order valence-electron chi connectivity index (χ0n) is 10.6. The van der Waals surface area contributed by atoms with Crippen LogP contribution in [0.25, 0.3) is 6.08 Å². The van der Waals surface area contributed by atoms with E-state index in [0.717, 1.165) is 0 Å². The number of H-pyrrole nitrogens is 1. The van der Waals surface area contributed by atoms with E-state index < -0.39 is 11.9 Å². The lowest BCUT2D eigenvalue weighted by atomic mass is 10.4. The third-order valence-corrected chi connectivity index (χ3v) is 2.25. The van der Waals surface area contributed by atoms with Crippen LogP contribution in [-0.4, -0.2) is 34.2 Å². The first-order valence-electron chi connectivity index (χ1n) is 5.68. The standard InChI is InChI=1S/C12H12N4O4/c1-19-11(18)7-9-13-12(16-15-9)14-10(17)5-4-8-3-2-6-20-8/h2-6H,7H2,1H3,(H2,13,14,15,16,17). The third kappa shape index (κ3) is 3.80. The summed E-state index contributed by atoms with van der Waals surface area (Å²) in [6.45, 7) is 0. The van der Waals surface area contributed by atoms with Gasteiger partial charge in [0, 0.05) is 6.08 Å². The van der Waals surface area contributed by atoms with Crippen LogP contribution >= 0.6 is 0 Å². The number of hydrogen-bond acceptors (Lipinski definition) is 6. The monoisotopic (exact) mass is 276 g/mol. The first kappa shape index (κ1) is 13.5. The van der Waals surface area contributed by atoms with Crippen LogP contribution in [0.2, 0.25) is 0 Å². The van der Waals surface area contributed by atoms with Crippen LogP contribution in [0, 0.1) is 0 Å². The van der Waals surface area contributed by atoms with E-state index in [1.165, 1.54) is 25.5 Å². The fourth-order valence-electron chi connectivity index (χ4n) is 1.33. The van der Waals surface area contributed by atoms with E-state index in [9.17, 15) is 9.59 Å². The first-order valence-corrected chi connectivity index (χ1v) is 5.68. The highest BCUT2D eigenvalue weighted by molar-refractivity contribution is 6.00. The molecule has 0 atom stereocenters. The van der Waals surface area contributed by atoms with Gasteiger partial charge in [0.15, 0.2) is 0 Å². The summed E-state index contributed by atoms with van der Waals surface area (Å²) in [7, 11) is 1.28. The number of nitrogens with zero attached hydrogens (tertiary/aromatic N) is 2. The number of hydrogen-bond donors (Lipinski definition) is 2. The van der Waals surface area contributed by atoms with Crippen LogP contribution in [-0.2, 0) is 20.7 Å². The number of furan rings is 1. The summed E-state index contributed by atoms with van der Waals surface area (Å²) in [4.78, 5) is 26.5. The molecular formula is C12H12N4O4. The molecule has 2 rings (SSSR count). The molecule has 0 unspecified atom stereocenters. The first-order chi connectivity index (χ1) is 9.67. The van der Waals surface area contributed by atoms with Gasteiger partial charge in [-0.2, -0.15) is 4.98 Å². The van der Waals surface area contributed by atoms with Gasteiger partial charge in [0.05, 0.1) is 13.4 Å². The number of aromatic amines is 1. The SMILES string of the molecule is COC(=O)Cc1nc(NC(=O)C=Cc2ccco2)n[nH]1. The van der Waals surface area contributed by atoms with Gasteiger partial charge in [-0.15, -0.1) is 5.10 Å². The minimum absolute atomic E-state index is 0.0401. The van der Waals surface area contributed by atoms with Crippen LogP contribution in [0.4, 0.5) is 5.95 Å². The summed E-state index contributed by atoms with van der Waals surface area (Å²) >= 11 is 0. The molecule has 0 aliphatic rings. The molecule has 0 saturated carbocycles. The predicted octanol–water partition coefficient (Wildman–Crippen LogP) is 0.765. The van der Waals surface area contributed by atoms with Crippen molar-refractivity contribution in [2.24, 2.45) is 0 Å². The molecule has 8 nitrogen and oxygen atoms in total. The molecular weight excluding hydrogens is 264 g/mol. The Morgan fingerprint density at radius 2 is 2.40 bits per heavy atom. The molecule has 0 aliphatic carbocycles. The number of amides is 1. The van der Waals surface area contributed by atoms with E-state index in [1.54, 1.807) is 12.1 Å². The number of ether oxygens (including phenoxy) is 1. The maximum absolute atomic E-state index is 11.6. The van der Waals surface area contributed by atoms with Crippen molar-refractivity contribution in [2.45, 2.75) is 6.42 Å². The van der Waals surface area contributed by atoms with Crippen molar-refractivity contribution in [1.82, 2.24) is 15.2 Å². The molecule has 104 valence electrons. The Labute approximate surface area is 113 Å². The van der Waals surface area contributed by atoms with E-state index in [0.29, 0.717) is 11.6 Å². The Morgan fingerprint density at radius 3 is 3.10 bits per heavy atom. The van der Waals surface area contributed by atoms with Gasteiger partial charge >= 0.3 is 5.97 Å². The van der Waals surface area contributed by atoms with E-state index >= 15 is 0 Å². The Hall–Kier alpha value is -2.90. The van der Waals surface area contributed by atoms with Crippen LogP contribution in [0.15, 0.2) is 28.9 Å². The van der Waals surface area contributed by atoms with Crippen LogP contribution < -0.4 is 5.32 Å². The topological polar surface area (TPSA) is 110 Å². The third-order valence-electron chi connectivity index (χ3n) is 2.25. The smallest absolute Gasteiger partial charge is 0.313 e. The lowest BCUT2D eigenvalue weighted by Crippen LogP contribution is -2.09. The Morgan fingerprint density at radius 1 is 1.55 bits per heavy atom. The number of carbonyl (C=O) groups is 2. The maximum atomic E-state index is 11.6. The summed E-state index contributed by atoms with van der Waals surface area (Å²) < 4.78 is 9.53. The van der Waals surface area contributed by atoms with E-state index in [2.05, 4.69) is 25.2 Å². The van der Waals surface area contributed by atoms with E-state index in [-0.39, 0.29) is 12.4 Å². The molecule has 0 spiro atoms. The van der Waals surface area contributed by atoms with Gasteiger partial charge in [-0.3, -0.25) is 20.0 Å². The second-order valence-electron chi connectivity index (χ2n) is 3.70. The fourth-order valence-corrected chi connectivity index (χ4v) is 1.33. The van der Waals surface area contributed by atoms with Crippen molar-refractivity contribution in [3.05, 3.63) is 36.1 Å². The number of nitrogens with one attached hydrogen (secondary N) is 2. The van der Waals surface area contributed by atoms with Gasteiger partial charge in [0.2, 0.25) is 5.95 Å². The lowest BCUT2D eigenvalue weighted by Gasteiger charge is -1.94. The quantitative estimate of drug-likeness (QED) is 0.616. The highest BCUT2D eigenvalue weighted by atomic mass is 16.5. The Balaban J connectivity index is 1.90. The number of esters is 1. The van der Waals surface area contributed by atoms with Crippen LogP contribution in [0.3, 0.4) is 0 Å². The van der Waals surface area contributed by atoms with Crippen molar-refractivity contribution in [2.75, 3.05) is 12.4 Å². The van der Waals surface area contributed by atoms with Gasteiger partial charge in [-0.05, 0) is 18.2 Å². The predicted molar refractivity (Wildman–Crippen MR) is 68.5 cm³/mol. The van der Waals surface area contributed by atoms with Gasteiger partial charge < -0.3 is 9.15 Å². The molecule has 0 saturated heterocycles. The van der Waals surface area contributed by atoms with Crippen molar-refractivity contribution < 1.29 is 18.7 Å². The highest BCUT2D eigenvalue weighted by Crippen LogP contribution is 2.04. The summed E-state index contributed by atoms with van der Waals surface area (Å²) in [5.41, 5.74) is 0. The highest BCUT2D eigenvalue weighted by Gasteiger charge is 2.09. The normalized spacial score (nSPS) is 10.7. The molecule has 0 aromatic carbocycles. The van der Waals surface area contributed by atoms with E-state index in [4.69, 9.17) is 4.42 Å². The summed E-state index contributed by atoms with van der Waals surface area (Å²) in [5, 5.41) is 8.73. The second kappa shape index (κ2) is 6.32. The maximum Gasteiger partial charge on any atom is 0.313 e. The summed E-state index contributed by atoms with van der Waals surface area (Å²) in [5.74, 6) is 0.0865. The van der Waals surface area contributed by atoms with Gasteiger partial charge in [0.1, 0.15) is 18.0 Å². The molecule has 0 aliphatic heterocycles. The van der Waals surface area contributed by atoms with Crippen molar-refractivity contribution in [3.8, 4) is 0 Å². The van der Waals surface area contributed by atoms with Gasteiger partial charge in [-0.25, -0.2) is 0 Å². The minimum atomic E-state index is -0.447. The molecule has 0 radical (unpaired) electrons. The molecule has 20 heavy (non-hydrogen) atoms. The number of methoxy groups -OCH3 is 1. The number of rotatable bonds is 5. The number of anilines is 1. The largest absolute Gasteiger partial charge is 0.469 e. The Kier molecular flexibility index (Phi) is 4.28. The average Bonchev–Trinajstić information content (AvgIpc) is 3.08. The van der Waals surface area contributed by atoms with Crippen LogP contribution in [0.1, 0.15) is 11.6 Å². The average molecular weight is 276 g/mol. The molecule has 2 aromatic rings. The molecule has 2 heterocycles. The lowest BCUT2D eigenvalue weighted by molar-refractivity contribution is -0.139. The fraction of sp³-hybridized carbons (Fsp3) is 0.167.